The Morgan fingerprint density at radius 2 is 2.00 bits per heavy atom. The van der Waals surface area contributed by atoms with Gasteiger partial charge in [0.1, 0.15) is 11.6 Å². The van der Waals surface area contributed by atoms with Crippen LogP contribution in [0.15, 0.2) is 35.0 Å². The van der Waals surface area contributed by atoms with Crippen molar-refractivity contribution in [2.45, 2.75) is 64.2 Å². The number of hydrogen-bond donors (Lipinski definition) is 1. The van der Waals surface area contributed by atoms with Crippen LogP contribution in [0.1, 0.15) is 74.2 Å². The Balaban J connectivity index is 1.56. The number of aromatic nitrogens is 3. The third-order valence-corrected chi connectivity index (χ3v) is 6.95. The van der Waals surface area contributed by atoms with Crippen LogP contribution in [0, 0.1) is 5.92 Å². The van der Waals surface area contributed by atoms with Crippen LogP contribution < -0.4 is 0 Å². The topological polar surface area (TPSA) is 54.7 Å². The molecule has 1 N–H and O–H groups in total. The van der Waals surface area contributed by atoms with Crippen LogP contribution in [-0.4, -0.2) is 15.1 Å². The first-order chi connectivity index (χ1) is 13.0. The van der Waals surface area contributed by atoms with Crippen LogP contribution >= 0.6 is 0 Å². The lowest BCUT2D eigenvalue weighted by molar-refractivity contribution is 0.172. The summed E-state index contributed by atoms with van der Waals surface area (Å²) in [6.45, 7) is 9.12. The molecule has 3 aromatic rings. The van der Waals surface area contributed by atoms with Gasteiger partial charge in [-0.2, -0.15) is 0 Å². The molecule has 0 unspecified atom stereocenters. The molecule has 3 atom stereocenters. The molecule has 0 saturated heterocycles. The summed E-state index contributed by atoms with van der Waals surface area (Å²) in [7, 11) is 0. The zero-order valence-corrected chi connectivity index (χ0v) is 16.5. The molecular weight excluding hydrogens is 334 g/mol. The van der Waals surface area contributed by atoms with Crippen molar-refractivity contribution in [2.75, 3.05) is 0 Å². The number of imidazole rings is 1. The Labute approximate surface area is 160 Å². The van der Waals surface area contributed by atoms with E-state index in [1.54, 1.807) is 0 Å². The van der Waals surface area contributed by atoms with Gasteiger partial charge in [0.15, 0.2) is 0 Å². The lowest BCUT2D eigenvalue weighted by atomic mass is 9.57. The minimum atomic E-state index is 0.0399. The van der Waals surface area contributed by atoms with Crippen LogP contribution in [0.5, 0.6) is 0 Å². The standard InChI is InChI=1S/C23H27N3O/c1-13(2)15-5-7-16(8-6-15)22-25-19-10-9-18-14(3)20-17(12-24-27-20)11-23(18,4)21(19)26-22/h5-8,12-14,18H,9-11H2,1-4H3,(H,25,26)/t14-,18-,23-/m1/s1. The van der Waals surface area contributed by atoms with Gasteiger partial charge >= 0.3 is 0 Å². The molecule has 2 aromatic heterocycles. The van der Waals surface area contributed by atoms with Crippen molar-refractivity contribution in [1.82, 2.24) is 15.1 Å². The van der Waals surface area contributed by atoms with E-state index in [9.17, 15) is 0 Å². The summed E-state index contributed by atoms with van der Waals surface area (Å²) in [6.07, 6.45) is 5.09. The highest BCUT2D eigenvalue weighted by Crippen LogP contribution is 2.53. The fourth-order valence-corrected chi connectivity index (χ4v) is 5.39. The average molecular weight is 361 g/mol. The molecule has 2 heterocycles. The summed E-state index contributed by atoms with van der Waals surface area (Å²) in [5, 5.41) is 4.07. The molecule has 27 heavy (non-hydrogen) atoms. The van der Waals surface area contributed by atoms with E-state index in [0.717, 1.165) is 24.4 Å². The molecule has 4 heteroatoms. The third-order valence-electron chi connectivity index (χ3n) is 6.95. The van der Waals surface area contributed by atoms with Gasteiger partial charge in [-0.1, -0.05) is 57.1 Å². The van der Waals surface area contributed by atoms with Crippen molar-refractivity contribution >= 4 is 0 Å². The van der Waals surface area contributed by atoms with E-state index in [1.807, 2.05) is 6.20 Å². The molecule has 2 aliphatic carbocycles. The van der Waals surface area contributed by atoms with Crippen molar-refractivity contribution in [3.8, 4) is 11.4 Å². The summed E-state index contributed by atoms with van der Waals surface area (Å²) in [4.78, 5) is 8.78. The summed E-state index contributed by atoms with van der Waals surface area (Å²) in [5.74, 6) is 3.57. The van der Waals surface area contributed by atoms with Gasteiger partial charge < -0.3 is 9.51 Å². The Hall–Kier alpha value is -2.36. The molecule has 0 fully saturated rings. The van der Waals surface area contributed by atoms with Crippen LogP contribution in [0.2, 0.25) is 0 Å². The number of H-pyrrole nitrogens is 1. The van der Waals surface area contributed by atoms with Gasteiger partial charge in [-0.25, -0.2) is 4.98 Å². The second kappa shape index (κ2) is 5.82. The highest BCUT2D eigenvalue weighted by Gasteiger charge is 2.50. The predicted molar refractivity (Wildman–Crippen MR) is 106 cm³/mol. The molecule has 1 aromatic carbocycles. The summed E-state index contributed by atoms with van der Waals surface area (Å²) >= 11 is 0. The van der Waals surface area contributed by atoms with Crippen molar-refractivity contribution in [3.63, 3.8) is 0 Å². The van der Waals surface area contributed by atoms with Gasteiger partial charge in [-0.15, -0.1) is 0 Å². The van der Waals surface area contributed by atoms with E-state index in [0.29, 0.717) is 17.8 Å². The maximum Gasteiger partial charge on any atom is 0.143 e. The number of fused-ring (bicyclic) bond motifs is 4. The van der Waals surface area contributed by atoms with E-state index in [-0.39, 0.29) is 5.41 Å². The van der Waals surface area contributed by atoms with Crippen LogP contribution in [0.25, 0.3) is 11.4 Å². The summed E-state index contributed by atoms with van der Waals surface area (Å²) in [5.41, 5.74) is 6.38. The second-order valence-corrected chi connectivity index (χ2v) is 8.93. The molecule has 4 nitrogen and oxygen atoms in total. The smallest absolute Gasteiger partial charge is 0.143 e. The Kier molecular flexibility index (Phi) is 3.62. The number of aryl methyl sites for hydroxylation is 1. The van der Waals surface area contributed by atoms with Gasteiger partial charge in [0.2, 0.25) is 0 Å². The van der Waals surface area contributed by atoms with E-state index in [4.69, 9.17) is 9.51 Å². The van der Waals surface area contributed by atoms with Crippen molar-refractivity contribution in [2.24, 2.45) is 5.92 Å². The Bertz CT molecular complexity index is 981. The molecule has 0 radical (unpaired) electrons. The molecule has 2 aliphatic rings. The van der Waals surface area contributed by atoms with Gasteiger partial charge in [-0.05, 0) is 36.7 Å². The molecule has 0 saturated carbocycles. The van der Waals surface area contributed by atoms with Crippen molar-refractivity contribution in [3.05, 3.63) is 58.7 Å². The van der Waals surface area contributed by atoms with E-state index < -0.39 is 0 Å². The quantitative estimate of drug-likeness (QED) is 0.668. The number of rotatable bonds is 2. The maximum atomic E-state index is 5.58. The van der Waals surface area contributed by atoms with Gasteiger partial charge in [-0.3, -0.25) is 0 Å². The zero-order valence-electron chi connectivity index (χ0n) is 16.5. The second-order valence-electron chi connectivity index (χ2n) is 8.93. The van der Waals surface area contributed by atoms with Crippen LogP contribution in [0.4, 0.5) is 0 Å². The number of aromatic amines is 1. The van der Waals surface area contributed by atoms with Gasteiger partial charge in [0.05, 0.1) is 11.9 Å². The highest BCUT2D eigenvalue weighted by molar-refractivity contribution is 5.58. The molecule has 140 valence electrons. The Morgan fingerprint density at radius 1 is 1.22 bits per heavy atom. The summed E-state index contributed by atoms with van der Waals surface area (Å²) < 4.78 is 5.58. The molecule has 5 rings (SSSR count). The first kappa shape index (κ1) is 16.8. The average Bonchev–Trinajstić information content (AvgIpc) is 3.29. The van der Waals surface area contributed by atoms with E-state index >= 15 is 0 Å². The van der Waals surface area contributed by atoms with E-state index in [2.05, 4.69) is 62.1 Å². The van der Waals surface area contributed by atoms with E-state index in [1.165, 1.54) is 34.5 Å². The number of nitrogens with zero attached hydrogens (tertiary/aromatic N) is 2. The number of hydrogen-bond acceptors (Lipinski definition) is 3. The van der Waals surface area contributed by atoms with Crippen molar-refractivity contribution < 1.29 is 4.52 Å². The first-order valence-corrected chi connectivity index (χ1v) is 10.1. The number of benzene rings is 1. The monoisotopic (exact) mass is 361 g/mol. The fraction of sp³-hybridized carbons (Fsp3) is 0.478. The molecule has 0 bridgehead atoms. The maximum absolute atomic E-state index is 5.58. The lowest BCUT2D eigenvalue weighted by Gasteiger charge is -2.46. The zero-order chi connectivity index (χ0) is 18.8. The largest absolute Gasteiger partial charge is 0.361 e. The highest BCUT2D eigenvalue weighted by atomic mass is 16.5. The molecule has 0 aliphatic heterocycles. The minimum absolute atomic E-state index is 0.0399. The molecule has 0 spiro atoms. The van der Waals surface area contributed by atoms with Crippen molar-refractivity contribution in [1.29, 1.82) is 0 Å². The fourth-order valence-electron chi connectivity index (χ4n) is 5.39. The summed E-state index contributed by atoms with van der Waals surface area (Å²) in [6, 6.07) is 8.83. The first-order valence-electron chi connectivity index (χ1n) is 10.1. The molecule has 0 amide bonds. The van der Waals surface area contributed by atoms with Gasteiger partial charge in [0, 0.05) is 28.2 Å². The van der Waals surface area contributed by atoms with Crippen LogP contribution in [-0.2, 0) is 18.3 Å². The normalized spacial score (nSPS) is 26.6. The molecular formula is C23H27N3O. The lowest BCUT2D eigenvalue weighted by Crippen LogP contribution is -2.44. The SMILES string of the molecule is CC(C)c1ccc(-c2nc3c([nH]2)CC[C@@H]2[C@@H](C)c4oncc4C[C@@]32C)cc1. The Morgan fingerprint density at radius 3 is 2.74 bits per heavy atom. The predicted octanol–water partition coefficient (Wildman–Crippen LogP) is 5.37. The van der Waals surface area contributed by atoms with Crippen LogP contribution in [0.3, 0.4) is 0 Å². The minimum Gasteiger partial charge on any atom is -0.361 e. The number of nitrogens with one attached hydrogen (secondary N) is 1. The van der Waals surface area contributed by atoms with Gasteiger partial charge in [0.25, 0.3) is 0 Å². The third kappa shape index (κ3) is 2.42.